The fourth-order valence-electron chi connectivity index (χ4n) is 0.414. The van der Waals surface area contributed by atoms with Crippen LogP contribution < -0.4 is 10.8 Å². The van der Waals surface area contributed by atoms with Crippen LogP contribution >= 0.6 is 0 Å². The minimum atomic E-state index is -5.19. The molecule has 0 saturated carbocycles. The van der Waals surface area contributed by atoms with E-state index in [0.717, 1.165) is 5.70 Å². The van der Waals surface area contributed by atoms with Gasteiger partial charge >= 0.3 is 6.18 Å². The van der Waals surface area contributed by atoms with Crippen molar-refractivity contribution in [3.8, 4) is 0 Å². The Labute approximate surface area is 77.5 Å². The predicted octanol–water partition coefficient (Wildman–Crippen LogP) is -1.05. The molecule has 80 valence electrons. The largest absolute Gasteiger partial charge is 0.542 e. The van der Waals surface area contributed by atoms with Crippen molar-refractivity contribution in [2.24, 2.45) is 0 Å². The summed E-state index contributed by atoms with van der Waals surface area (Å²) in [6.45, 7) is 0.676. The Morgan fingerprint density at radius 1 is 1.57 bits per heavy atom. The van der Waals surface area contributed by atoms with Gasteiger partial charge in [0.2, 0.25) is 0 Å². The first kappa shape index (κ1) is 12.5. The van der Waals surface area contributed by atoms with Crippen molar-refractivity contribution in [1.82, 2.24) is 0 Å². The lowest BCUT2D eigenvalue weighted by molar-refractivity contribution is -0.344. The van der Waals surface area contributed by atoms with E-state index in [0.29, 0.717) is 6.61 Å². The summed E-state index contributed by atoms with van der Waals surface area (Å²) in [6, 6.07) is 0. The molecule has 1 heterocycles. The second-order valence-corrected chi connectivity index (χ2v) is 2.20. The lowest BCUT2D eigenvalue weighted by Crippen LogP contribution is -2.47. The minimum absolute atomic E-state index is 0.676. The molecule has 4 nitrogen and oxygen atoms in total. The Morgan fingerprint density at radius 2 is 2.07 bits per heavy atom. The van der Waals surface area contributed by atoms with Gasteiger partial charge in [0.15, 0.2) is 0 Å². The Hall–Kier alpha value is -1.50. The average Bonchev–Trinajstić information content (AvgIpc) is 2.04. The molecule has 1 aliphatic rings. The number of carboxylic acid groups (broad SMARTS) is 1. The molecule has 0 aromatic rings. The first-order valence-electron chi connectivity index (χ1n) is 3.42. The van der Waals surface area contributed by atoms with Crippen molar-refractivity contribution >= 4 is 5.97 Å². The molecule has 0 radical (unpaired) electrons. The van der Waals surface area contributed by atoms with E-state index >= 15 is 0 Å². The fraction of sp³-hybridized carbons (Fsp3) is 0.286. The van der Waals surface area contributed by atoms with Crippen molar-refractivity contribution in [3.63, 3.8) is 0 Å². The number of rotatable bonds is 0. The fourth-order valence-corrected chi connectivity index (χ4v) is 0.414. The highest BCUT2D eigenvalue weighted by molar-refractivity contribution is 5.70. The smallest absolute Gasteiger partial charge is 0.430 e. The standard InChI is InChI=1S/C5H7NO.C2HF3O2/c6-5-1-3-7-4-2-5;3-2(4,5)1(6)7/h1-3H,4,6H2;(H,6,7). The molecule has 0 aliphatic carbocycles. The van der Waals surface area contributed by atoms with Crippen LogP contribution in [-0.4, -0.2) is 18.8 Å². The molecule has 0 spiro atoms. The highest BCUT2D eigenvalue weighted by Gasteiger charge is 2.28. The van der Waals surface area contributed by atoms with Crippen molar-refractivity contribution < 1.29 is 33.5 Å². The zero-order valence-corrected chi connectivity index (χ0v) is 7.00. The van der Waals surface area contributed by atoms with Crippen LogP contribution in [-0.2, 0) is 9.53 Å². The maximum Gasteiger partial charge on any atom is 0.430 e. The van der Waals surface area contributed by atoms with Crippen LogP contribution in [0.25, 0.3) is 0 Å². The number of halogens is 3. The molecule has 7 heteroatoms. The average molecular weight is 211 g/mol. The maximum absolute atomic E-state index is 10.5. The molecule has 1 rings (SSSR count). The topological polar surface area (TPSA) is 77.0 Å². The molecule has 0 aromatic heterocycles. The van der Waals surface area contributed by atoms with Gasteiger partial charge in [-0.15, -0.1) is 0 Å². The van der Waals surface area contributed by atoms with Crippen molar-refractivity contribution in [3.05, 3.63) is 24.1 Å². The van der Waals surface area contributed by atoms with E-state index in [9.17, 15) is 13.2 Å². The van der Waals surface area contributed by atoms with Gasteiger partial charge in [0.25, 0.3) is 0 Å². The Balaban J connectivity index is 0.000000241. The number of carboxylic acids is 1. The first-order chi connectivity index (χ1) is 6.34. The third-order valence-electron chi connectivity index (χ3n) is 1.05. The van der Waals surface area contributed by atoms with Gasteiger partial charge in [0.1, 0.15) is 18.3 Å². The first-order valence-corrected chi connectivity index (χ1v) is 3.42. The van der Waals surface area contributed by atoms with Crippen LogP contribution in [0.2, 0.25) is 0 Å². The van der Waals surface area contributed by atoms with E-state index in [1.165, 1.54) is 0 Å². The number of ether oxygens (including phenoxy) is 1. The number of alkyl halides is 3. The van der Waals surface area contributed by atoms with E-state index in [1.807, 2.05) is 12.2 Å². The second kappa shape index (κ2) is 5.28. The van der Waals surface area contributed by atoms with Gasteiger partial charge in [0.05, 0.1) is 6.26 Å². The third-order valence-corrected chi connectivity index (χ3v) is 1.05. The summed E-state index contributed by atoms with van der Waals surface area (Å²) in [5.74, 6) is -3.01. The molecule has 1 aliphatic heterocycles. The summed E-state index contributed by atoms with van der Waals surface area (Å²) < 4.78 is 36.4. The van der Waals surface area contributed by atoms with Crippen LogP contribution in [0.3, 0.4) is 0 Å². The third kappa shape index (κ3) is 6.06. The SMILES string of the molecule is O=C([O-])C(F)(F)F.[NH3+]C1=CCOC=C1. The lowest BCUT2D eigenvalue weighted by Gasteiger charge is -2.03. The van der Waals surface area contributed by atoms with Crippen LogP contribution in [0.15, 0.2) is 24.1 Å². The molecule has 0 saturated heterocycles. The molecule has 14 heavy (non-hydrogen) atoms. The normalized spacial score (nSPS) is 14.7. The molecule has 0 bridgehead atoms. The predicted molar refractivity (Wildman–Crippen MR) is 37.1 cm³/mol. The summed E-state index contributed by atoms with van der Waals surface area (Å²) in [5, 5.41) is 8.78. The molecule has 0 aromatic carbocycles. The van der Waals surface area contributed by atoms with Crippen LogP contribution in [0.1, 0.15) is 0 Å². The molecule has 0 fully saturated rings. The second-order valence-electron chi connectivity index (χ2n) is 2.20. The zero-order valence-electron chi connectivity index (χ0n) is 7.00. The highest BCUT2D eigenvalue weighted by Crippen LogP contribution is 2.11. The maximum atomic E-state index is 10.5. The molecular formula is C7H8F3NO3. The summed E-state index contributed by atoms with van der Waals surface area (Å²) in [6.07, 6.45) is 0.228. The Morgan fingerprint density at radius 3 is 2.21 bits per heavy atom. The van der Waals surface area contributed by atoms with Crippen LogP contribution in [0, 0.1) is 0 Å². The molecule has 0 atom stereocenters. The van der Waals surface area contributed by atoms with Gasteiger partial charge < -0.3 is 20.4 Å². The van der Waals surface area contributed by atoms with Gasteiger partial charge in [0, 0.05) is 12.2 Å². The number of carbonyl (C=O) groups is 1. The number of hydrogen-bond donors (Lipinski definition) is 1. The van der Waals surface area contributed by atoms with Gasteiger partial charge in [-0.25, -0.2) is 0 Å². The van der Waals surface area contributed by atoms with Gasteiger partial charge in [-0.2, -0.15) is 13.2 Å². The molecule has 3 N–H and O–H groups in total. The highest BCUT2D eigenvalue weighted by atomic mass is 19.4. The monoisotopic (exact) mass is 211 g/mol. The zero-order chi connectivity index (χ0) is 11.2. The van der Waals surface area contributed by atoms with Crippen molar-refractivity contribution in [1.29, 1.82) is 0 Å². The molecular weight excluding hydrogens is 203 g/mol. The van der Waals surface area contributed by atoms with Crippen LogP contribution in [0.4, 0.5) is 13.2 Å². The molecule has 0 amide bonds. The van der Waals surface area contributed by atoms with E-state index in [4.69, 9.17) is 14.6 Å². The minimum Gasteiger partial charge on any atom is -0.542 e. The number of hydrogen-bond acceptors (Lipinski definition) is 3. The quantitative estimate of drug-likeness (QED) is 0.555. The summed E-state index contributed by atoms with van der Waals surface area (Å²) in [7, 11) is 0. The summed E-state index contributed by atoms with van der Waals surface area (Å²) in [5.41, 5.74) is 4.73. The van der Waals surface area contributed by atoms with Crippen molar-refractivity contribution in [2.75, 3.05) is 6.61 Å². The number of quaternary nitrogens is 1. The van der Waals surface area contributed by atoms with E-state index in [-0.39, 0.29) is 0 Å². The van der Waals surface area contributed by atoms with Gasteiger partial charge in [-0.3, -0.25) is 0 Å². The Bertz CT molecular complexity index is 257. The van der Waals surface area contributed by atoms with Gasteiger partial charge in [-0.05, 0) is 0 Å². The number of aliphatic carboxylic acids is 1. The number of carbonyl (C=O) groups excluding carboxylic acids is 1. The van der Waals surface area contributed by atoms with E-state index < -0.39 is 12.1 Å². The van der Waals surface area contributed by atoms with E-state index in [1.54, 1.807) is 6.26 Å². The number of allylic oxidation sites excluding steroid dienone is 1. The summed E-state index contributed by atoms with van der Waals surface area (Å²) >= 11 is 0. The summed E-state index contributed by atoms with van der Waals surface area (Å²) in [4.78, 5) is 8.78. The van der Waals surface area contributed by atoms with Gasteiger partial charge in [-0.1, -0.05) is 0 Å². The molecule has 0 unspecified atom stereocenters. The lowest BCUT2D eigenvalue weighted by atomic mass is 10.4. The van der Waals surface area contributed by atoms with Crippen LogP contribution in [0.5, 0.6) is 0 Å². The van der Waals surface area contributed by atoms with E-state index in [2.05, 4.69) is 5.73 Å². The Kier molecular flexibility index (Phi) is 4.71. The van der Waals surface area contributed by atoms with Crippen molar-refractivity contribution in [2.45, 2.75) is 6.18 Å².